The Morgan fingerprint density at radius 2 is 1.75 bits per heavy atom. The molecule has 3 rings (SSSR count). The molecular formula is C23H22FN3O4S. The molecule has 0 aromatic heterocycles. The van der Waals surface area contributed by atoms with Crippen molar-refractivity contribution in [1.82, 2.24) is 15.5 Å². The van der Waals surface area contributed by atoms with Gasteiger partial charge in [-0.3, -0.25) is 24.1 Å². The molecule has 0 spiro atoms. The molecule has 9 heteroatoms. The van der Waals surface area contributed by atoms with Gasteiger partial charge in [0.1, 0.15) is 5.82 Å². The fourth-order valence-electron chi connectivity index (χ4n) is 2.92. The van der Waals surface area contributed by atoms with Gasteiger partial charge in [0.2, 0.25) is 5.91 Å². The van der Waals surface area contributed by atoms with E-state index in [1.807, 2.05) is 19.9 Å². The van der Waals surface area contributed by atoms with Crippen LogP contribution >= 0.6 is 11.8 Å². The molecule has 1 aliphatic rings. The van der Waals surface area contributed by atoms with Crippen molar-refractivity contribution < 1.29 is 23.6 Å². The van der Waals surface area contributed by atoms with Gasteiger partial charge in [0.25, 0.3) is 17.1 Å². The van der Waals surface area contributed by atoms with Crippen molar-refractivity contribution in [2.24, 2.45) is 0 Å². The van der Waals surface area contributed by atoms with Crippen molar-refractivity contribution in [3.05, 3.63) is 75.4 Å². The summed E-state index contributed by atoms with van der Waals surface area (Å²) in [6, 6.07) is 10.8. The maximum Gasteiger partial charge on any atom is 0.293 e. The molecule has 4 amide bonds. The van der Waals surface area contributed by atoms with E-state index in [-0.39, 0.29) is 30.4 Å². The Balaban J connectivity index is 1.46. The lowest BCUT2D eigenvalue weighted by Gasteiger charge is -2.13. The van der Waals surface area contributed by atoms with Gasteiger partial charge in [-0.1, -0.05) is 18.2 Å². The maximum atomic E-state index is 13.0. The summed E-state index contributed by atoms with van der Waals surface area (Å²) in [6.07, 6.45) is 1.52. The molecule has 2 N–H and O–H groups in total. The molecule has 1 fully saturated rings. The third kappa shape index (κ3) is 5.82. The standard InChI is InChI=1S/C23H22FN3O4S/c1-14-3-6-17(11-15(14)2)21(29)26-13-20(28)25-9-10-27-22(30)19(32-23(27)31)12-16-4-7-18(24)8-5-16/h3-8,11-12H,9-10,13H2,1-2H3,(H,25,28)(H,26,29)/b19-12-. The van der Waals surface area contributed by atoms with E-state index in [2.05, 4.69) is 10.6 Å². The van der Waals surface area contributed by atoms with Crippen LogP contribution < -0.4 is 10.6 Å². The predicted molar refractivity (Wildman–Crippen MR) is 120 cm³/mol. The van der Waals surface area contributed by atoms with Gasteiger partial charge in [-0.2, -0.15) is 0 Å². The highest BCUT2D eigenvalue weighted by Gasteiger charge is 2.34. The Morgan fingerprint density at radius 1 is 1.03 bits per heavy atom. The Hall–Kier alpha value is -3.46. The molecular weight excluding hydrogens is 433 g/mol. The van der Waals surface area contributed by atoms with Crippen molar-refractivity contribution >= 4 is 40.8 Å². The van der Waals surface area contributed by atoms with Gasteiger partial charge in [-0.25, -0.2) is 4.39 Å². The quantitative estimate of drug-likeness (QED) is 0.626. The van der Waals surface area contributed by atoms with Gasteiger partial charge in [0, 0.05) is 18.7 Å². The fourth-order valence-corrected chi connectivity index (χ4v) is 3.78. The van der Waals surface area contributed by atoms with Crippen LogP contribution in [0.3, 0.4) is 0 Å². The highest BCUT2D eigenvalue weighted by Crippen LogP contribution is 2.31. The molecule has 0 bridgehead atoms. The molecule has 0 unspecified atom stereocenters. The van der Waals surface area contributed by atoms with E-state index in [4.69, 9.17) is 0 Å². The topological polar surface area (TPSA) is 95.6 Å². The van der Waals surface area contributed by atoms with Gasteiger partial charge in [-0.05, 0) is 72.6 Å². The summed E-state index contributed by atoms with van der Waals surface area (Å²) >= 11 is 0.789. The number of hydrogen-bond acceptors (Lipinski definition) is 5. The third-order valence-electron chi connectivity index (χ3n) is 4.88. The minimum Gasteiger partial charge on any atom is -0.353 e. The SMILES string of the molecule is Cc1ccc(C(=O)NCC(=O)NCCN2C(=O)S/C(=C\c3ccc(F)cc3)C2=O)cc1C. The molecule has 166 valence electrons. The summed E-state index contributed by atoms with van der Waals surface area (Å²) in [4.78, 5) is 50.0. The van der Waals surface area contributed by atoms with Gasteiger partial charge in [-0.15, -0.1) is 0 Å². The second kappa shape index (κ2) is 10.2. The van der Waals surface area contributed by atoms with Gasteiger partial charge in [0.15, 0.2) is 0 Å². The molecule has 0 saturated carbocycles. The number of nitrogens with one attached hydrogen (secondary N) is 2. The molecule has 1 aliphatic heterocycles. The van der Waals surface area contributed by atoms with E-state index < -0.39 is 22.9 Å². The molecule has 32 heavy (non-hydrogen) atoms. The number of nitrogens with zero attached hydrogens (tertiary/aromatic N) is 1. The van der Waals surface area contributed by atoms with E-state index in [1.54, 1.807) is 12.1 Å². The van der Waals surface area contributed by atoms with Gasteiger partial charge >= 0.3 is 0 Å². The zero-order chi connectivity index (χ0) is 23.3. The van der Waals surface area contributed by atoms with Crippen LogP contribution in [0.15, 0.2) is 47.4 Å². The average Bonchev–Trinajstić information content (AvgIpc) is 3.02. The first-order valence-corrected chi connectivity index (χ1v) is 10.7. The summed E-state index contributed by atoms with van der Waals surface area (Å²) in [6.45, 7) is 3.68. The van der Waals surface area contributed by atoms with E-state index in [9.17, 15) is 23.6 Å². The van der Waals surface area contributed by atoms with Crippen molar-refractivity contribution in [2.45, 2.75) is 13.8 Å². The van der Waals surface area contributed by atoms with Crippen molar-refractivity contribution in [2.75, 3.05) is 19.6 Å². The zero-order valence-corrected chi connectivity index (χ0v) is 18.4. The molecule has 1 saturated heterocycles. The molecule has 0 aliphatic carbocycles. The lowest BCUT2D eigenvalue weighted by molar-refractivity contribution is -0.124. The first kappa shape index (κ1) is 23.2. The maximum absolute atomic E-state index is 13.0. The normalized spacial score (nSPS) is 14.7. The average molecular weight is 456 g/mol. The molecule has 7 nitrogen and oxygen atoms in total. The van der Waals surface area contributed by atoms with Crippen LogP contribution in [0.1, 0.15) is 27.0 Å². The van der Waals surface area contributed by atoms with E-state index >= 15 is 0 Å². The number of amides is 4. The minimum atomic E-state index is -0.471. The van der Waals surface area contributed by atoms with Crippen molar-refractivity contribution in [3.8, 4) is 0 Å². The van der Waals surface area contributed by atoms with Crippen LogP contribution in [-0.4, -0.2) is 47.5 Å². The first-order valence-electron chi connectivity index (χ1n) is 9.87. The Morgan fingerprint density at radius 3 is 2.44 bits per heavy atom. The Kier molecular flexibility index (Phi) is 7.42. The number of thioether (sulfide) groups is 1. The highest BCUT2D eigenvalue weighted by atomic mass is 32.2. The van der Waals surface area contributed by atoms with E-state index in [0.717, 1.165) is 27.8 Å². The second-order valence-corrected chi connectivity index (χ2v) is 8.21. The predicted octanol–water partition coefficient (Wildman–Crippen LogP) is 3.03. The van der Waals surface area contributed by atoms with Crippen molar-refractivity contribution in [3.63, 3.8) is 0 Å². The molecule has 2 aromatic rings. The molecule has 1 heterocycles. The van der Waals surface area contributed by atoms with Crippen LogP contribution in [0.2, 0.25) is 0 Å². The summed E-state index contributed by atoms with van der Waals surface area (Å²) in [5.41, 5.74) is 3.11. The number of aryl methyl sites for hydroxylation is 2. The number of benzene rings is 2. The van der Waals surface area contributed by atoms with Crippen LogP contribution in [0.4, 0.5) is 9.18 Å². The van der Waals surface area contributed by atoms with Gasteiger partial charge < -0.3 is 10.6 Å². The Bertz CT molecular complexity index is 1100. The summed E-state index contributed by atoms with van der Waals surface area (Å²) in [5, 5.41) is 4.68. The molecule has 2 aromatic carbocycles. The van der Waals surface area contributed by atoms with Crippen LogP contribution in [0.25, 0.3) is 6.08 Å². The first-order chi connectivity index (χ1) is 15.2. The second-order valence-electron chi connectivity index (χ2n) is 7.22. The van der Waals surface area contributed by atoms with Gasteiger partial charge in [0.05, 0.1) is 11.4 Å². The summed E-state index contributed by atoms with van der Waals surface area (Å²) in [7, 11) is 0. The largest absolute Gasteiger partial charge is 0.353 e. The summed E-state index contributed by atoms with van der Waals surface area (Å²) in [5.74, 6) is -1.66. The number of hydrogen-bond donors (Lipinski definition) is 2. The van der Waals surface area contributed by atoms with E-state index in [1.165, 1.54) is 30.3 Å². The summed E-state index contributed by atoms with van der Waals surface area (Å²) < 4.78 is 13.0. The minimum absolute atomic E-state index is 0.00225. The highest BCUT2D eigenvalue weighted by molar-refractivity contribution is 8.18. The van der Waals surface area contributed by atoms with Crippen LogP contribution in [-0.2, 0) is 9.59 Å². The molecule has 0 atom stereocenters. The molecule has 0 radical (unpaired) electrons. The number of carbonyl (C=O) groups excluding carboxylic acids is 4. The number of carbonyl (C=O) groups is 4. The monoisotopic (exact) mass is 455 g/mol. The lowest BCUT2D eigenvalue weighted by Crippen LogP contribution is -2.41. The van der Waals surface area contributed by atoms with Crippen LogP contribution in [0, 0.1) is 19.7 Å². The van der Waals surface area contributed by atoms with Crippen molar-refractivity contribution in [1.29, 1.82) is 0 Å². The number of halogens is 1. The smallest absolute Gasteiger partial charge is 0.293 e. The van der Waals surface area contributed by atoms with E-state index in [0.29, 0.717) is 11.1 Å². The fraction of sp³-hybridized carbons (Fsp3) is 0.217. The number of rotatable bonds is 7. The Labute approximate surface area is 189 Å². The number of imide groups is 1. The third-order valence-corrected chi connectivity index (χ3v) is 5.78. The van der Waals surface area contributed by atoms with Crippen LogP contribution in [0.5, 0.6) is 0 Å². The zero-order valence-electron chi connectivity index (χ0n) is 17.6. The lowest BCUT2D eigenvalue weighted by atomic mass is 10.1.